The molecule has 0 bridgehead atoms. The van der Waals surface area contributed by atoms with Gasteiger partial charge in [0.2, 0.25) is 5.91 Å². The van der Waals surface area contributed by atoms with Crippen LogP contribution in [0.25, 0.3) is 10.9 Å². The van der Waals surface area contributed by atoms with Crippen LogP contribution in [0.4, 0.5) is 24.5 Å². The number of aromatic nitrogens is 2. The molecule has 0 spiro atoms. The molecule has 3 aliphatic heterocycles. The first kappa shape index (κ1) is 27.1. The van der Waals surface area contributed by atoms with Gasteiger partial charge in [-0.3, -0.25) is 9.59 Å². The van der Waals surface area contributed by atoms with Crippen LogP contribution in [0, 0.1) is 11.3 Å². The van der Waals surface area contributed by atoms with E-state index in [-0.39, 0.29) is 37.9 Å². The van der Waals surface area contributed by atoms with Crippen molar-refractivity contribution in [1.82, 2.24) is 19.6 Å². The maximum Gasteiger partial charge on any atom is 0.408 e. The Morgan fingerprint density at radius 3 is 2.76 bits per heavy atom. The van der Waals surface area contributed by atoms with E-state index < -0.39 is 30.6 Å². The van der Waals surface area contributed by atoms with Gasteiger partial charge in [0, 0.05) is 37.8 Å². The number of nitrogens with zero attached hydrogens (tertiary/aromatic N) is 6. The highest BCUT2D eigenvalue weighted by molar-refractivity contribution is 6.06. The van der Waals surface area contributed by atoms with Gasteiger partial charge in [-0.25, -0.2) is 4.68 Å². The first-order valence-corrected chi connectivity index (χ1v) is 13.7. The summed E-state index contributed by atoms with van der Waals surface area (Å²) in [4.78, 5) is 30.4. The minimum Gasteiger partial charge on any atom is -0.356 e. The third kappa shape index (κ3) is 4.78. The zero-order valence-corrected chi connectivity index (χ0v) is 22.5. The Kier molecular flexibility index (Phi) is 6.85. The van der Waals surface area contributed by atoms with E-state index >= 15 is 0 Å². The Bertz CT molecular complexity index is 1560. The van der Waals surface area contributed by atoms with Crippen LogP contribution in [0.1, 0.15) is 59.9 Å². The van der Waals surface area contributed by atoms with Crippen LogP contribution >= 0.6 is 0 Å². The van der Waals surface area contributed by atoms with Gasteiger partial charge in [0.15, 0.2) is 11.9 Å². The van der Waals surface area contributed by atoms with Gasteiger partial charge >= 0.3 is 6.18 Å². The lowest BCUT2D eigenvalue weighted by atomic mass is 10.1. The van der Waals surface area contributed by atoms with Gasteiger partial charge in [0.1, 0.15) is 18.7 Å². The van der Waals surface area contributed by atoms with Crippen molar-refractivity contribution in [2.45, 2.75) is 57.1 Å². The Morgan fingerprint density at radius 2 is 2.02 bits per heavy atom. The molecular formula is C29H29F3N6O3. The van der Waals surface area contributed by atoms with Gasteiger partial charge in [-0.05, 0) is 61.9 Å². The van der Waals surface area contributed by atoms with E-state index in [4.69, 9.17) is 4.74 Å². The van der Waals surface area contributed by atoms with Crippen molar-refractivity contribution < 1.29 is 27.5 Å². The fraction of sp³-hybridized carbons (Fsp3) is 0.448. The summed E-state index contributed by atoms with van der Waals surface area (Å²) < 4.78 is 47.9. The van der Waals surface area contributed by atoms with E-state index in [1.54, 1.807) is 29.9 Å². The van der Waals surface area contributed by atoms with Gasteiger partial charge in [-0.15, -0.1) is 0 Å². The third-order valence-corrected chi connectivity index (χ3v) is 8.24. The molecule has 0 N–H and O–H groups in total. The quantitative estimate of drug-likeness (QED) is 0.437. The van der Waals surface area contributed by atoms with E-state index in [0.717, 1.165) is 35.4 Å². The number of halogens is 3. The van der Waals surface area contributed by atoms with Crippen molar-refractivity contribution in [2.75, 3.05) is 31.6 Å². The molecule has 6 rings (SSSR count). The van der Waals surface area contributed by atoms with Gasteiger partial charge in [0.05, 0.1) is 16.8 Å². The Labute approximate surface area is 234 Å². The Balaban J connectivity index is 1.26. The van der Waals surface area contributed by atoms with E-state index in [2.05, 4.69) is 11.2 Å². The molecule has 0 radical (unpaired) electrons. The highest BCUT2D eigenvalue weighted by atomic mass is 19.4. The molecule has 41 heavy (non-hydrogen) atoms. The molecule has 2 aromatic carbocycles. The molecule has 2 fully saturated rings. The molecule has 1 aromatic heterocycles. The predicted octanol–water partition coefficient (Wildman–Crippen LogP) is 4.88. The summed E-state index contributed by atoms with van der Waals surface area (Å²) in [6, 6.07) is 11.4. The maximum atomic E-state index is 13.5. The van der Waals surface area contributed by atoms with Crippen LogP contribution < -0.4 is 4.90 Å². The molecule has 214 valence electrons. The van der Waals surface area contributed by atoms with Crippen LogP contribution in [-0.2, 0) is 16.1 Å². The molecule has 0 aliphatic carbocycles. The van der Waals surface area contributed by atoms with Gasteiger partial charge in [-0.1, -0.05) is 12.1 Å². The van der Waals surface area contributed by atoms with Crippen LogP contribution in [0.5, 0.6) is 0 Å². The second kappa shape index (κ2) is 10.4. The van der Waals surface area contributed by atoms with E-state index in [0.29, 0.717) is 28.8 Å². The van der Waals surface area contributed by atoms with E-state index in [1.165, 1.54) is 4.90 Å². The lowest BCUT2D eigenvalue weighted by Gasteiger charge is -2.28. The van der Waals surface area contributed by atoms with Crippen LogP contribution in [0.15, 0.2) is 36.4 Å². The number of hydrogen-bond acceptors (Lipinski definition) is 6. The third-order valence-electron chi connectivity index (χ3n) is 8.24. The van der Waals surface area contributed by atoms with Crippen LogP contribution in [-0.4, -0.2) is 70.4 Å². The van der Waals surface area contributed by atoms with Gasteiger partial charge < -0.3 is 19.4 Å². The van der Waals surface area contributed by atoms with Crippen molar-refractivity contribution in [3.05, 3.63) is 53.2 Å². The number of likely N-dealkylation sites (tertiary alicyclic amines) is 1. The fourth-order valence-corrected chi connectivity index (χ4v) is 6.16. The average molecular weight is 567 g/mol. The summed E-state index contributed by atoms with van der Waals surface area (Å²) in [5.41, 5.74) is 3.48. The lowest BCUT2D eigenvalue weighted by molar-refractivity contribution is -0.182. The Morgan fingerprint density at radius 1 is 1.20 bits per heavy atom. The number of anilines is 2. The van der Waals surface area contributed by atoms with Crippen molar-refractivity contribution in [3.63, 3.8) is 0 Å². The normalized spacial score (nSPS) is 20.9. The number of fused-ring (bicyclic) bond motifs is 2. The van der Waals surface area contributed by atoms with Crippen LogP contribution in [0.2, 0.25) is 0 Å². The average Bonchev–Trinajstić information content (AvgIpc) is 3.69. The van der Waals surface area contributed by atoms with Crippen molar-refractivity contribution >= 4 is 34.1 Å². The lowest BCUT2D eigenvalue weighted by Crippen LogP contribution is -2.48. The topological polar surface area (TPSA) is 94.7 Å². The monoisotopic (exact) mass is 566 g/mol. The number of carbonyl (C=O) groups is 2. The molecule has 3 aliphatic rings. The fourth-order valence-electron chi connectivity index (χ4n) is 6.16. The van der Waals surface area contributed by atoms with E-state index in [9.17, 15) is 28.0 Å². The summed E-state index contributed by atoms with van der Waals surface area (Å²) in [6.07, 6.45) is -1.74. The predicted molar refractivity (Wildman–Crippen MR) is 143 cm³/mol. The SMILES string of the molecule is CN(c1ccc2c(c1)c(C#N)nn2C1CCCCO1)c1cccc2c1C(=O)N(CC(=O)N1CCC[C@H]1C(F)(F)F)C2. The summed E-state index contributed by atoms with van der Waals surface area (Å²) in [5, 5.41) is 15.0. The molecule has 0 saturated carbocycles. The molecular weight excluding hydrogens is 537 g/mol. The number of nitriles is 1. The molecule has 1 unspecified atom stereocenters. The minimum atomic E-state index is -4.49. The summed E-state index contributed by atoms with van der Waals surface area (Å²) in [6.45, 7) is 0.398. The second-order valence-corrected chi connectivity index (χ2v) is 10.7. The zero-order chi connectivity index (χ0) is 28.9. The van der Waals surface area contributed by atoms with Gasteiger partial charge in [-0.2, -0.15) is 23.5 Å². The summed E-state index contributed by atoms with van der Waals surface area (Å²) >= 11 is 0. The maximum absolute atomic E-state index is 13.5. The molecule has 4 heterocycles. The Hall–Kier alpha value is -4.11. The molecule has 12 heteroatoms. The first-order valence-electron chi connectivity index (χ1n) is 13.7. The number of amides is 2. The van der Waals surface area contributed by atoms with Crippen molar-refractivity contribution in [1.29, 1.82) is 5.26 Å². The standard InChI is InChI=1S/C29H29F3N6O3/c1-35(19-10-11-22-20(14-19)21(15-33)34-38(22)26-9-2-3-13-41-26)23-7-4-6-18-16-36(28(40)27(18)23)17-25(39)37-12-5-8-24(37)29(30,31)32/h4,6-7,10-11,14,24,26H,2-3,5,8-9,12-13,16-17H2,1H3/t24-,26?/m0/s1. The molecule has 2 amide bonds. The molecule has 9 nitrogen and oxygen atoms in total. The number of ether oxygens (including phenoxy) is 1. The van der Waals surface area contributed by atoms with Crippen molar-refractivity contribution in [2.24, 2.45) is 0 Å². The summed E-state index contributed by atoms with van der Waals surface area (Å²) in [5.74, 6) is -1.10. The number of rotatable bonds is 5. The molecule has 2 atom stereocenters. The number of benzene rings is 2. The highest BCUT2D eigenvalue weighted by Gasteiger charge is 2.48. The zero-order valence-electron chi connectivity index (χ0n) is 22.5. The smallest absolute Gasteiger partial charge is 0.356 e. The van der Waals surface area contributed by atoms with Gasteiger partial charge in [0.25, 0.3) is 5.91 Å². The van der Waals surface area contributed by atoms with Crippen LogP contribution in [0.3, 0.4) is 0 Å². The minimum absolute atomic E-state index is 0.0304. The largest absolute Gasteiger partial charge is 0.408 e. The van der Waals surface area contributed by atoms with Crippen molar-refractivity contribution in [3.8, 4) is 6.07 Å². The van der Waals surface area contributed by atoms with E-state index in [1.807, 2.05) is 23.1 Å². The summed E-state index contributed by atoms with van der Waals surface area (Å²) in [7, 11) is 1.80. The highest BCUT2D eigenvalue weighted by Crippen LogP contribution is 2.38. The number of alkyl halides is 3. The number of hydrogen-bond donors (Lipinski definition) is 0. The molecule has 3 aromatic rings. The second-order valence-electron chi connectivity index (χ2n) is 10.7. The molecule has 2 saturated heterocycles. The number of carbonyl (C=O) groups excluding carboxylic acids is 2. The first-order chi connectivity index (χ1) is 19.7.